The lowest BCUT2D eigenvalue weighted by atomic mass is 10.1. The molecule has 0 saturated carbocycles. The molecule has 3 rings (SSSR count). The van der Waals surface area contributed by atoms with Crippen LogP contribution in [0.1, 0.15) is 43.3 Å². The monoisotopic (exact) mass is 238 g/mol. The molecule has 3 heterocycles. The first kappa shape index (κ1) is 11.2. The summed E-state index contributed by atoms with van der Waals surface area (Å²) in [5.41, 5.74) is 0. The Bertz CT molecular complexity index is 354. The molecule has 0 aromatic carbocycles. The molecule has 94 valence electrons. The van der Waals surface area contributed by atoms with Crippen LogP contribution < -0.4 is 0 Å². The molecule has 2 aliphatic heterocycles. The van der Waals surface area contributed by atoms with Crippen molar-refractivity contribution in [1.29, 1.82) is 0 Å². The van der Waals surface area contributed by atoms with E-state index < -0.39 is 0 Å². The lowest BCUT2D eigenvalue weighted by molar-refractivity contribution is 0.0124. The Morgan fingerprint density at radius 3 is 2.94 bits per heavy atom. The van der Waals surface area contributed by atoms with Crippen molar-refractivity contribution in [3.8, 4) is 0 Å². The predicted octanol–water partition coefficient (Wildman–Crippen LogP) is 1.69. The molecular formula is C12H18N2O3. The van der Waals surface area contributed by atoms with E-state index in [1.54, 1.807) is 0 Å². The van der Waals surface area contributed by atoms with E-state index >= 15 is 0 Å². The van der Waals surface area contributed by atoms with Crippen molar-refractivity contribution in [2.75, 3.05) is 19.8 Å². The molecule has 17 heavy (non-hydrogen) atoms. The summed E-state index contributed by atoms with van der Waals surface area (Å²) in [4.78, 5) is 4.45. The first-order chi connectivity index (χ1) is 8.42. The lowest BCUT2D eigenvalue weighted by Gasteiger charge is -2.20. The van der Waals surface area contributed by atoms with Crippen LogP contribution in [-0.4, -0.2) is 36.1 Å². The van der Waals surface area contributed by atoms with Gasteiger partial charge in [-0.25, -0.2) is 0 Å². The van der Waals surface area contributed by atoms with Crippen LogP contribution >= 0.6 is 0 Å². The van der Waals surface area contributed by atoms with E-state index in [1.807, 2.05) is 0 Å². The van der Waals surface area contributed by atoms with Crippen molar-refractivity contribution >= 4 is 0 Å². The van der Waals surface area contributed by atoms with Crippen molar-refractivity contribution < 1.29 is 14.0 Å². The summed E-state index contributed by atoms with van der Waals surface area (Å²) in [5, 5.41) is 4.04. The number of hydrogen-bond acceptors (Lipinski definition) is 5. The van der Waals surface area contributed by atoms with Gasteiger partial charge in [-0.15, -0.1) is 0 Å². The fourth-order valence-corrected chi connectivity index (χ4v) is 2.42. The van der Waals surface area contributed by atoms with Crippen molar-refractivity contribution in [3.63, 3.8) is 0 Å². The van der Waals surface area contributed by atoms with Crippen LogP contribution in [0.4, 0.5) is 0 Å². The fourth-order valence-electron chi connectivity index (χ4n) is 2.42. The van der Waals surface area contributed by atoms with E-state index in [-0.39, 0.29) is 6.10 Å². The topological polar surface area (TPSA) is 57.4 Å². The van der Waals surface area contributed by atoms with Gasteiger partial charge in [0.25, 0.3) is 0 Å². The molecule has 0 N–H and O–H groups in total. The van der Waals surface area contributed by atoms with Crippen molar-refractivity contribution in [1.82, 2.24) is 10.1 Å². The van der Waals surface area contributed by atoms with Gasteiger partial charge in [-0.1, -0.05) is 5.16 Å². The first-order valence-electron chi connectivity index (χ1n) is 6.43. The van der Waals surface area contributed by atoms with E-state index in [0.717, 1.165) is 44.9 Å². The average molecular weight is 238 g/mol. The summed E-state index contributed by atoms with van der Waals surface area (Å²) in [6.07, 6.45) is 5.52. The summed E-state index contributed by atoms with van der Waals surface area (Å²) >= 11 is 0. The number of aromatic nitrogens is 2. The SMILES string of the molecule is C1CC[C@H](Cc2nc([C@H]3CCOC3)no2)OC1. The molecule has 2 aliphatic rings. The van der Waals surface area contributed by atoms with E-state index in [1.165, 1.54) is 12.8 Å². The predicted molar refractivity (Wildman–Crippen MR) is 59.8 cm³/mol. The summed E-state index contributed by atoms with van der Waals surface area (Å²) < 4.78 is 16.3. The second-order valence-electron chi connectivity index (χ2n) is 4.80. The Hall–Kier alpha value is -0.940. The van der Waals surface area contributed by atoms with Gasteiger partial charge in [0.2, 0.25) is 5.89 Å². The van der Waals surface area contributed by atoms with Crippen molar-refractivity contribution in [2.45, 2.75) is 44.1 Å². The lowest BCUT2D eigenvalue weighted by Crippen LogP contribution is -2.21. The minimum absolute atomic E-state index is 0.261. The zero-order valence-electron chi connectivity index (χ0n) is 9.93. The van der Waals surface area contributed by atoms with Gasteiger partial charge in [0.05, 0.1) is 19.1 Å². The number of ether oxygens (including phenoxy) is 2. The van der Waals surface area contributed by atoms with Crippen LogP contribution in [0.25, 0.3) is 0 Å². The van der Waals surface area contributed by atoms with Crippen LogP contribution in [0.5, 0.6) is 0 Å². The van der Waals surface area contributed by atoms with Gasteiger partial charge in [-0.2, -0.15) is 4.98 Å². The average Bonchev–Trinajstić information content (AvgIpc) is 3.00. The third kappa shape index (κ3) is 2.66. The molecule has 2 saturated heterocycles. The Balaban J connectivity index is 1.59. The molecule has 2 fully saturated rings. The molecule has 0 radical (unpaired) electrons. The Morgan fingerprint density at radius 1 is 1.18 bits per heavy atom. The van der Waals surface area contributed by atoms with Crippen molar-refractivity contribution in [3.05, 3.63) is 11.7 Å². The third-order valence-corrected chi connectivity index (χ3v) is 3.45. The first-order valence-corrected chi connectivity index (χ1v) is 6.43. The molecule has 0 aliphatic carbocycles. The molecular weight excluding hydrogens is 220 g/mol. The highest BCUT2D eigenvalue weighted by molar-refractivity contribution is 4.98. The molecule has 2 atom stereocenters. The molecule has 0 unspecified atom stereocenters. The maximum absolute atomic E-state index is 5.66. The van der Waals surface area contributed by atoms with Crippen LogP contribution in [-0.2, 0) is 15.9 Å². The van der Waals surface area contributed by atoms with Gasteiger partial charge in [0, 0.05) is 19.1 Å². The largest absolute Gasteiger partial charge is 0.381 e. The zero-order chi connectivity index (χ0) is 11.5. The van der Waals surface area contributed by atoms with Gasteiger partial charge in [0.15, 0.2) is 5.82 Å². The Labute approximate surface area is 100 Å². The highest BCUT2D eigenvalue weighted by atomic mass is 16.5. The van der Waals surface area contributed by atoms with Crippen molar-refractivity contribution in [2.24, 2.45) is 0 Å². The second-order valence-corrected chi connectivity index (χ2v) is 4.80. The van der Waals surface area contributed by atoms with Gasteiger partial charge >= 0.3 is 0 Å². The Morgan fingerprint density at radius 2 is 2.18 bits per heavy atom. The van der Waals surface area contributed by atoms with Crippen LogP contribution in [0, 0.1) is 0 Å². The molecule has 5 nitrogen and oxygen atoms in total. The normalized spacial score (nSPS) is 29.6. The van der Waals surface area contributed by atoms with Crippen LogP contribution in [0.2, 0.25) is 0 Å². The molecule has 0 bridgehead atoms. The minimum atomic E-state index is 0.261. The molecule has 1 aromatic heterocycles. The molecule has 0 spiro atoms. The fraction of sp³-hybridized carbons (Fsp3) is 0.833. The molecule has 5 heteroatoms. The zero-order valence-corrected chi connectivity index (χ0v) is 9.93. The minimum Gasteiger partial charge on any atom is -0.381 e. The van der Waals surface area contributed by atoms with E-state index in [9.17, 15) is 0 Å². The Kier molecular flexibility index (Phi) is 3.38. The van der Waals surface area contributed by atoms with Gasteiger partial charge < -0.3 is 14.0 Å². The van der Waals surface area contributed by atoms with Gasteiger partial charge in [0.1, 0.15) is 0 Å². The summed E-state index contributed by atoms with van der Waals surface area (Å²) in [5.74, 6) is 1.83. The number of nitrogens with zero attached hydrogens (tertiary/aromatic N) is 2. The second kappa shape index (κ2) is 5.14. The molecule has 0 amide bonds. The number of rotatable bonds is 3. The van der Waals surface area contributed by atoms with Gasteiger partial charge in [-0.05, 0) is 25.7 Å². The highest BCUT2D eigenvalue weighted by Gasteiger charge is 2.24. The quantitative estimate of drug-likeness (QED) is 0.802. The maximum Gasteiger partial charge on any atom is 0.229 e. The molecule has 1 aromatic rings. The van der Waals surface area contributed by atoms with E-state index in [4.69, 9.17) is 14.0 Å². The summed E-state index contributed by atoms with van der Waals surface area (Å²) in [6, 6.07) is 0. The third-order valence-electron chi connectivity index (χ3n) is 3.45. The van der Waals surface area contributed by atoms with E-state index in [2.05, 4.69) is 10.1 Å². The van der Waals surface area contributed by atoms with Gasteiger partial charge in [-0.3, -0.25) is 0 Å². The summed E-state index contributed by atoms with van der Waals surface area (Å²) in [7, 11) is 0. The smallest absolute Gasteiger partial charge is 0.229 e. The standard InChI is InChI=1S/C12H18N2O3/c1-2-5-16-10(3-1)7-11-13-12(14-17-11)9-4-6-15-8-9/h9-10H,1-8H2/t9-,10+/m0/s1. The number of hydrogen-bond donors (Lipinski definition) is 0. The summed E-state index contributed by atoms with van der Waals surface area (Å²) in [6.45, 7) is 2.39. The van der Waals surface area contributed by atoms with E-state index in [0.29, 0.717) is 11.8 Å². The van der Waals surface area contributed by atoms with Crippen LogP contribution in [0.3, 0.4) is 0 Å². The highest BCUT2D eigenvalue weighted by Crippen LogP contribution is 2.23. The maximum atomic E-state index is 5.66. The van der Waals surface area contributed by atoms with Crippen LogP contribution in [0.15, 0.2) is 4.52 Å².